The molecular weight excluding hydrogens is 258 g/mol. The lowest BCUT2D eigenvalue weighted by Crippen LogP contribution is -2.42. The molecule has 1 unspecified atom stereocenters. The summed E-state index contributed by atoms with van der Waals surface area (Å²) < 4.78 is 10.6. The monoisotopic (exact) mass is 279 g/mol. The van der Waals surface area contributed by atoms with Crippen molar-refractivity contribution in [3.63, 3.8) is 0 Å². The van der Waals surface area contributed by atoms with E-state index in [1.807, 2.05) is 30.9 Å². The van der Waals surface area contributed by atoms with Gasteiger partial charge < -0.3 is 14.6 Å². The fourth-order valence-corrected chi connectivity index (χ4v) is 2.66. The van der Waals surface area contributed by atoms with Crippen LogP contribution < -0.4 is 4.74 Å². The molecular formula is C15H21NO4. The van der Waals surface area contributed by atoms with Gasteiger partial charge in [0, 0.05) is 13.1 Å². The van der Waals surface area contributed by atoms with Crippen molar-refractivity contribution in [2.45, 2.75) is 19.9 Å². The highest BCUT2D eigenvalue weighted by atomic mass is 16.5. The van der Waals surface area contributed by atoms with Crippen molar-refractivity contribution in [3.05, 3.63) is 28.8 Å². The summed E-state index contributed by atoms with van der Waals surface area (Å²) in [5.74, 6) is -0.0306. The fourth-order valence-electron chi connectivity index (χ4n) is 2.66. The number of methoxy groups -OCH3 is 1. The average molecular weight is 279 g/mol. The van der Waals surface area contributed by atoms with Gasteiger partial charge in [-0.15, -0.1) is 0 Å². The molecule has 0 bridgehead atoms. The molecule has 0 aromatic heterocycles. The Hall–Kier alpha value is -1.59. The maximum Gasteiger partial charge on any atom is 0.325 e. The highest BCUT2D eigenvalue weighted by molar-refractivity contribution is 5.76. The van der Waals surface area contributed by atoms with E-state index in [4.69, 9.17) is 9.47 Å². The number of ether oxygens (including phenoxy) is 2. The van der Waals surface area contributed by atoms with Crippen LogP contribution in [0.4, 0.5) is 0 Å². The molecule has 5 nitrogen and oxygen atoms in total. The lowest BCUT2D eigenvalue weighted by molar-refractivity contribution is -0.145. The van der Waals surface area contributed by atoms with Gasteiger partial charge in [0.05, 0.1) is 20.3 Å². The van der Waals surface area contributed by atoms with Crippen LogP contribution in [-0.4, -0.2) is 49.4 Å². The van der Waals surface area contributed by atoms with E-state index in [2.05, 4.69) is 0 Å². The minimum absolute atomic E-state index is 0.581. The Labute approximate surface area is 119 Å². The molecule has 20 heavy (non-hydrogen) atoms. The number of hydrogen-bond acceptors (Lipinski definition) is 4. The van der Waals surface area contributed by atoms with E-state index < -0.39 is 12.0 Å². The van der Waals surface area contributed by atoms with E-state index in [1.54, 1.807) is 7.11 Å². The predicted molar refractivity (Wildman–Crippen MR) is 75.2 cm³/mol. The first kappa shape index (κ1) is 14.8. The molecule has 1 saturated heterocycles. The van der Waals surface area contributed by atoms with E-state index >= 15 is 0 Å². The van der Waals surface area contributed by atoms with Crippen LogP contribution >= 0.6 is 0 Å². The first-order valence-corrected chi connectivity index (χ1v) is 6.75. The van der Waals surface area contributed by atoms with Gasteiger partial charge in [0.25, 0.3) is 0 Å². The van der Waals surface area contributed by atoms with Gasteiger partial charge in [-0.1, -0.05) is 6.07 Å². The Morgan fingerprint density at radius 2 is 1.95 bits per heavy atom. The Kier molecular flexibility index (Phi) is 4.62. The van der Waals surface area contributed by atoms with Gasteiger partial charge >= 0.3 is 5.97 Å². The maximum absolute atomic E-state index is 11.7. The fraction of sp³-hybridized carbons (Fsp3) is 0.533. The highest BCUT2D eigenvalue weighted by Gasteiger charge is 2.30. The first-order chi connectivity index (χ1) is 9.56. The summed E-state index contributed by atoms with van der Waals surface area (Å²) in [6, 6.07) is 3.08. The van der Waals surface area contributed by atoms with Gasteiger partial charge in [-0.2, -0.15) is 0 Å². The number of carbonyl (C=O) groups is 1. The molecule has 1 N–H and O–H groups in total. The van der Waals surface area contributed by atoms with Crippen LogP contribution in [0.1, 0.15) is 22.7 Å². The number of hydrogen-bond donors (Lipinski definition) is 1. The topological polar surface area (TPSA) is 59.0 Å². The lowest BCUT2D eigenvalue weighted by atomic mass is 9.95. The van der Waals surface area contributed by atoms with E-state index in [9.17, 15) is 9.90 Å². The van der Waals surface area contributed by atoms with Crippen molar-refractivity contribution >= 4 is 5.97 Å². The second-order valence-corrected chi connectivity index (χ2v) is 5.00. The van der Waals surface area contributed by atoms with Gasteiger partial charge in [-0.05, 0) is 36.6 Å². The summed E-state index contributed by atoms with van der Waals surface area (Å²) in [6.07, 6.45) is 0. The quantitative estimate of drug-likeness (QED) is 0.910. The van der Waals surface area contributed by atoms with Crippen LogP contribution in [0.5, 0.6) is 5.75 Å². The predicted octanol–water partition coefficient (Wildman–Crippen LogP) is 1.77. The molecule has 1 aromatic carbocycles. The molecule has 5 heteroatoms. The normalized spacial score (nSPS) is 17.8. The lowest BCUT2D eigenvalue weighted by Gasteiger charge is -2.33. The molecule has 0 saturated carbocycles. The van der Waals surface area contributed by atoms with Crippen molar-refractivity contribution in [2.24, 2.45) is 0 Å². The minimum Gasteiger partial charge on any atom is -0.496 e. The second kappa shape index (κ2) is 6.24. The molecule has 1 heterocycles. The van der Waals surface area contributed by atoms with Gasteiger partial charge in [0.15, 0.2) is 0 Å². The van der Waals surface area contributed by atoms with Gasteiger partial charge in [0.2, 0.25) is 0 Å². The van der Waals surface area contributed by atoms with Crippen molar-refractivity contribution in [1.29, 1.82) is 0 Å². The molecule has 0 aliphatic carbocycles. The Morgan fingerprint density at radius 3 is 2.50 bits per heavy atom. The number of rotatable bonds is 4. The molecule has 1 aliphatic heterocycles. The molecule has 1 aromatic rings. The molecule has 110 valence electrons. The third-order valence-electron chi connectivity index (χ3n) is 3.94. The van der Waals surface area contributed by atoms with E-state index in [-0.39, 0.29) is 0 Å². The SMILES string of the molecule is COc1ccc(C(C(=O)O)N2CCOCC2)c(C)c1C. The summed E-state index contributed by atoms with van der Waals surface area (Å²) in [4.78, 5) is 13.7. The first-order valence-electron chi connectivity index (χ1n) is 6.75. The van der Waals surface area contributed by atoms with Crippen molar-refractivity contribution in [3.8, 4) is 5.75 Å². The summed E-state index contributed by atoms with van der Waals surface area (Å²) in [5.41, 5.74) is 2.80. The average Bonchev–Trinajstić information content (AvgIpc) is 2.45. The molecule has 2 rings (SSSR count). The number of nitrogens with zero attached hydrogens (tertiary/aromatic N) is 1. The molecule has 0 spiro atoms. The second-order valence-electron chi connectivity index (χ2n) is 5.00. The van der Waals surface area contributed by atoms with Crippen LogP contribution in [0.3, 0.4) is 0 Å². The zero-order chi connectivity index (χ0) is 14.7. The Morgan fingerprint density at radius 1 is 1.30 bits per heavy atom. The molecule has 0 amide bonds. The standard InChI is InChI=1S/C15H21NO4/c1-10-11(2)13(19-3)5-4-12(10)14(15(17)18)16-6-8-20-9-7-16/h4-5,14H,6-9H2,1-3H3,(H,17,18). The minimum atomic E-state index is -0.820. The zero-order valence-electron chi connectivity index (χ0n) is 12.2. The van der Waals surface area contributed by atoms with Crippen molar-refractivity contribution < 1.29 is 19.4 Å². The zero-order valence-corrected chi connectivity index (χ0v) is 12.2. The van der Waals surface area contributed by atoms with Crippen LogP contribution in [0.2, 0.25) is 0 Å². The summed E-state index contributed by atoms with van der Waals surface area (Å²) >= 11 is 0. The van der Waals surface area contributed by atoms with Gasteiger partial charge in [0.1, 0.15) is 11.8 Å². The van der Waals surface area contributed by atoms with Crippen molar-refractivity contribution in [1.82, 2.24) is 4.90 Å². The molecule has 0 radical (unpaired) electrons. The number of benzene rings is 1. The molecule has 1 aliphatic rings. The summed E-state index contributed by atoms with van der Waals surface area (Å²) in [6.45, 7) is 6.35. The van der Waals surface area contributed by atoms with Crippen LogP contribution in [0.15, 0.2) is 12.1 Å². The van der Waals surface area contributed by atoms with Crippen LogP contribution in [0, 0.1) is 13.8 Å². The third kappa shape index (κ3) is 2.78. The van der Waals surface area contributed by atoms with Crippen molar-refractivity contribution in [2.75, 3.05) is 33.4 Å². The maximum atomic E-state index is 11.7. The highest BCUT2D eigenvalue weighted by Crippen LogP contribution is 2.31. The van der Waals surface area contributed by atoms with E-state index in [0.29, 0.717) is 26.3 Å². The number of carboxylic acids is 1. The van der Waals surface area contributed by atoms with Gasteiger partial charge in [-0.3, -0.25) is 9.69 Å². The third-order valence-corrected chi connectivity index (χ3v) is 3.94. The molecule has 1 fully saturated rings. The Bertz CT molecular complexity index is 495. The number of aliphatic carboxylic acids is 1. The van der Waals surface area contributed by atoms with Gasteiger partial charge in [-0.25, -0.2) is 0 Å². The smallest absolute Gasteiger partial charge is 0.325 e. The van der Waals surface area contributed by atoms with Crippen LogP contribution in [0.25, 0.3) is 0 Å². The molecule has 1 atom stereocenters. The Balaban J connectivity index is 2.39. The summed E-state index contributed by atoms with van der Waals surface area (Å²) in [5, 5.41) is 9.61. The number of carboxylic acid groups (broad SMARTS) is 1. The van der Waals surface area contributed by atoms with E-state index in [0.717, 1.165) is 22.4 Å². The van der Waals surface area contributed by atoms with Crippen LogP contribution in [-0.2, 0) is 9.53 Å². The summed E-state index contributed by atoms with van der Waals surface area (Å²) in [7, 11) is 1.62. The van der Waals surface area contributed by atoms with E-state index in [1.165, 1.54) is 0 Å². The largest absolute Gasteiger partial charge is 0.496 e. The number of morpholine rings is 1.